The first kappa shape index (κ1) is 19.1. The summed E-state index contributed by atoms with van der Waals surface area (Å²) in [6.07, 6.45) is 2.76. The van der Waals surface area contributed by atoms with E-state index in [0.717, 1.165) is 17.4 Å². The summed E-state index contributed by atoms with van der Waals surface area (Å²) in [5, 5.41) is 0. The molecular formula is C23H23NO3Se. The first-order chi connectivity index (χ1) is 13.1. The predicted molar refractivity (Wildman–Crippen MR) is 111 cm³/mol. The molecule has 4 nitrogen and oxygen atoms in total. The number of para-hydroxylation sites is 1. The predicted octanol–water partition coefficient (Wildman–Crippen LogP) is 3.59. The van der Waals surface area contributed by atoms with Gasteiger partial charge in [0, 0.05) is 0 Å². The Balaban J connectivity index is 1.70. The van der Waals surface area contributed by atoms with Gasteiger partial charge in [-0.15, -0.1) is 0 Å². The standard InChI is InChI=1S/C23H23NO3Se/c1-22(2)19(25)16(20(26)23(3,4)21(22)27)13-15-9-10-18(28-15)24-12-11-14-7-5-6-8-17(14)24/h5-10,13H,11-12H2,1-4H3. The van der Waals surface area contributed by atoms with E-state index in [9.17, 15) is 14.4 Å². The summed E-state index contributed by atoms with van der Waals surface area (Å²) in [5.74, 6) is -1.03. The second kappa shape index (κ2) is 6.40. The minimum atomic E-state index is -1.17. The van der Waals surface area contributed by atoms with Crippen molar-refractivity contribution in [1.29, 1.82) is 0 Å². The molecule has 4 rings (SSSR count). The van der Waals surface area contributed by atoms with Gasteiger partial charge in [-0.05, 0) is 0 Å². The molecule has 28 heavy (non-hydrogen) atoms. The maximum absolute atomic E-state index is 12.9. The molecule has 0 atom stereocenters. The summed E-state index contributed by atoms with van der Waals surface area (Å²) < 4.78 is 2.22. The monoisotopic (exact) mass is 441 g/mol. The molecule has 1 aromatic heterocycles. The molecule has 0 radical (unpaired) electrons. The SMILES string of the molecule is CC1(C)C(=O)C(=Cc2ccc(N3CCc4ccccc43)[se]2)C(=O)C(C)(C)C1=O. The average molecular weight is 440 g/mol. The van der Waals surface area contributed by atoms with Gasteiger partial charge in [-0.2, -0.15) is 0 Å². The number of rotatable bonds is 2. The number of ketones is 3. The molecule has 0 bridgehead atoms. The van der Waals surface area contributed by atoms with Crippen molar-refractivity contribution in [2.24, 2.45) is 10.8 Å². The first-order valence-corrected chi connectivity index (χ1v) is 11.2. The molecule has 2 aromatic rings. The summed E-state index contributed by atoms with van der Waals surface area (Å²) in [7, 11) is 0. The molecule has 0 saturated heterocycles. The van der Waals surface area contributed by atoms with Crippen LogP contribution in [-0.4, -0.2) is 38.4 Å². The van der Waals surface area contributed by atoms with Gasteiger partial charge in [0.15, 0.2) is 0 Å². The van der Waals surface area contributed by atoms with Crippen molar-refractivity contribution in [2.45, 2.75) is 34.1 Å². The normalized spacial score (nSPS) is 20.5. The molecular weight excluding hydrogens is 417 g/mol. The van der Waals surface area contributed by atoms with Crippen molar-refractivity contribution in [2.75, 3.05) is 11.4 Å². The van der Waals surface area contributed by atoms with Crippen LogP contribution < -0.4 is 4.90 Å². The number of Topliss-reactive ketones (excluding diaryl/α,β-unsaturated/α-hetero) is 3. The van der Waals surface area contributed by atoms with Gasteiger partial charge in [-0.1, -0.05) is 0 Å². The molecule has 5 heteroatoms. The van der Waals surface area contributed by atoms with Crippen molar-refractivity contribution >= 4 is 48.2 Å². The number of hydrogen-bond donors (Lipinski definition) is 0. The maximum atomic E-state index is 12.9. The van der Waals surface area contributed by atoms with Crippen LogP contribution in [0.25, 0.3) is 6.08 Å². The minimum absolute atomic E-state index is 0.0146. The average Bonchev–Trinajstić information content (AvgIpc) is 3.29. The third-order valence-electron chi connectivity index (χ3n) is 5.81. The number of carbonyl (C=O) groups is 3. The molecule has 1 fully saturated rings. The van der Waals surface area contributed by atoms with Crippen LogP contribution >= 0.6 is 0 Å². The van der Waals surface area contributed by atoms with E-state index in [-0.39, 0.29) is 37.4 Å². The fourth-order valence-electron chi connectivity index (χ4n) is 4.17. The number of fused-ring (bicyclic) bond motifs is 1. The van der Waals surface area contributed by atoms with Gasteiger partial charge in [-0.25, -0.2) is 0 Å². The van der Waals surface area contributed by atoms with E-state index in [1.54, 1.807) is 33.8 Å². The van der Waals surface area contributed by atoms with E-state index >= 15 is 0 Å². The number of hydrogen-bond acceptors (Lipinski definition) is 4. The van der Waals surface area contributed by atoms with Gasteiger partial charge < -0.3 is 0 Å². The summed E-state index contributed by atoms with van der Waals surface area (Å²) in [5.41, 5.74) is 0.430. The van der Waals surface area contributed by atoms with Gasteiger partial charge in [0.1, 0.15) is 0 Å². The summed E-state index contributed by atoms with van der Waals surface area (Å²) in [6, 6.07) is 12.5. The van der Waals surface area contributed by atoms with Gasteiger partial charge in [-0.3, -0.25) is 0 Å². The zero-order valence-corrected chi connectivity index (χ0v) is 18.2. The van der Waals surface area contributed by atoms with Gasteiger partial charge >= 0.3 is 171 Å². The van der Waals surface area contributed by atoms with E-state index in [1.165, 1.54) is 15.8 Å². The Hall–Kier alpha value is -2.23. The van der Waals surface area contributed by atoms with Gasteiger partial charge in [0.25, 0.3) is 0 Å². The summed E-state index contributed by atoms with van der Waals surface area (Å²) in [4.78, 5) is 40.7. The molecule has 0 spiro atoms. The zero-order chi connectivity index (χ0) is 20.3. The summed E-state index contributed by atoms with van der Waals surface area (Å²) >= 11 is 0.0146. The number of anilines is 2. The number of allylic oxidation sites excluding steroid dienone is 1. The van der Waals surface area contributed by atoms with Crippen LogP contribution in [0, 0.1) is 10.8 Å². The molecule has 1 aromatic carbocycles. The van der Waals surface area contributed by atoms with Gasteiger partial charge in [0.05, 0.1) is 0 Å². The molecule has 2 aliphatic rings. The van der Waals surface area contributed by atoms with Crippen molar-refractivity contribution in [3.05, 3.63) is 52.0 Å². The van der Waals surface area contributed by atoms with Crippen molar-refractivity contribution in [3.8, 4) is 0 Å². The Morgan fingerprint density at radius 1 is 0.929 bits per heavy atom. The Bertz CT molecular complexity index is 1010. The zero-order valence-electron chi connectivity index (χ0n) is 16.5. The van der Waals surface area contributed by atoms with Crippen LogP contribution in [0.5, 0.6) is 0 Å². The van der Waals surface area contributed by atoms with Crippen LogP contribution in [-0.2, 0) is 20.8 Å². The third-order valence-corrected chi connectivity index (χ3v) is 8.03. The number of nitrogens with zero attached hydrogens (tertiary/aromatic N) is 1. The third kappa shape index (κ3) is 2.76. The second-order valence-electron chi connectivity index (χ2n) is 8.50. The first-order valence-electron chi connectivity index (χ1n) is 9.45. The van der Waals surface area contributed by atoms with Crippen LogP contribution in [0.1, 0.15) is 37.7 Å². The van der Waals surface area contributed by atoms with Gasteiger partial charge in [0.2, 0.25) is 0 Å². The molecule has 2 heterocycles. The Morgan fingerprint density at radius 3 is 2.25 bits per heavy atom. The fourth-order valence-corrected chi connectivity index (χ4v) is 6.25. The Morgan fingerprint density at radius 2 is 1.57 bits per heavy atom. The number of benzene rings is 1. The molecule has 144 valence electrons. The topological polar surface area (TPSA) is 54.5 Å². The van der Waals surface area contributed by atoms with E-state index in [0.29, 0.717) is 0 Å². The van der Waals surface area contributed by atoms with Crippen molar-refractivity contribution in [3.63, 3.8) is 0 Å². The van der Waals surface area contributed by atoms with Crippen LogP contribution in [0.3, 0.4) is 0 Å². The fraction of sp³-hybridized carbons (Fsp3) is 0.348. The van der Waals surface area contributed by atoms with Crippen LogP contribution in [0.15, 0.2) is 42.0 Å². The van der Waals surface area contributed by atoms with E-state index in [2.05, 4.69) is 35.2 Å². The van der Waals surface area contributed by atoms with Crippen LogP contribution in [0.2, 0.25) is 0 Å². The van der Waals surface area contributed by atoms with E-state index in [1.807, 2.05) is 6.07 Å². The molecule has 0 amide bonds. The molecule has 1 aliphatic heterocycles. The molecule has 1 aliphatic carbocycles. The Labute approximate surface area is 171 Å². The quantitative estimate of drug-likeness (QED) is 0.310. The number of carbonyl (C=O) groups excluding carboxylic acids is 3. The van der Waals surface area contributed by atoms with E-state index < -0.39 is 10.8 Å². The van der Waals surface area contributed by atoms with E-state index in [4.69, 9.17) is 0 Å². The molecule has 0 N–H and O–H groups in total. The second-order valence-corrected chi connectivity index (χ2v) is 10.8. The summed E-state index contributed by atoms with van der Waals surface area (Å²) in [6.45, 7) is 7.45. The molecule has 0 unspecified atom stereocenters. The van der Waals surface area contributed by atoms with Crippen molar-refractivity contribution in [1.82, 2.24) is 0 Å². The van der Waals surface area contributed by atoms with Crippen molar-refractivity contribution < 1.29 is 14.4 Å². The van der Waals surface area contributed by atoms with Crippen LogP contribution in [0.4, 0.5) is 10.2 Å². The Kier molecular flexibility index (Phi) is 4.36. The molecule has 1 saturated carbocycles.